The summed E-state index contributed by atoms with van der Waals surface area (Å²) in [6.45, 7) is 4.57. The van der Waals surface area contributed by atoms with Gasteiger partial charge in [0.2, 0.25) is 5.91 Å². The number of halogens is 2. The summed E-state index contributed by atoms with van der Waals surface area (Å²) in [6.07, 6.45) is 0. The highest BCUT2D eigenvalue weighted by atomic mass is 35.5. The number of ketones is 1. The number of hydrogen-bond donors (Lipinski definition) is 1. The molecule has 0 spiro atoms. The van der Waals surface area contributed by atoms with E-state index < -0.39 is 0 Å². The highest BCUT2D eigenvalue weighted by molar-refractivity contribution is 6.42. The molecule has 7 heteroatoms. The maximum Gasteiger partial charge on any atom is 0.238 e. The van der Waals surface area contributed by atoms with Gasteiger partial charge in [-0.3, -0.25) is 14.5 Å². The molecular weight excluding hydrogens is 387 g/mol. The van der Waals surface area contributed by atoms with Crippen LogP contribution in [-0.4, -0.2) is 36.8 Å². The molecule has 0 saturated heterocycles. The molecule has 0 aliphatic carbocycles. The summed E-state index contributed by atoms with van der Waals surface area (Å²) in [5.74, 6) is 0.509. The third-order valence-electron chi connectivity index (χ3n) is 3.82. The Morgan fingerprint density at radius 2 is 1.85 bits per heavy atom. The van der Waals surface area contributed by atoms with Crippen LogP contribution < -0.4 is 10.1 Å². The second-order valence-electron chi connectivity index (χ2n) is 6.16. The van der Waals surface area contributed by atoms with Crippen molar-refractivity contribution in [3.63, 3.8) is 0 Å². The molecule has 1 amide bonds. The van der Waals surface area contributed by atoms with Crippen LogP contribution in [-0.2, 0) is 11.3 Å². The Kier molecular flexibility index (Phi) is 7.66. The zero-order valence-electron chi connectivity index (χ0n) is 15.5. The van der Waals surface area contributed by atoms with Crippen LogP contribution in [0.15, 0.2) is 36.4 Å². The van der Waals surface area contributed by atoms with Crippen molar-refractivity contribution >= 4 is 40.6 Å². The van der Waals surface area contributed by atoms with Gasteiger partial charge in [-0.15, -0.1) is 0 Å². The van der Waals surface area contributed by atoms with Gasteiger partial charge in [-0.05, 0) is 57.3 Å². The number of amides is 1. The van der Waals surface area contributed by atoms with Crippen LogP contribution in [0.25, 0.3) is 0 Å². The molecule has 0 atom stereocenters. The van der Waals surface area contributed by atoms with Crippen LogP contribution in [0.1, 0.15) is 29.8 Å². The van der Waals surface area contributed by atoms with Crippen molar-refractivity contribution in [3.8, 4) is 5.75 Å². The van der Waals surface area contributed by atoms with Gasteiger partial charge in [-0.25, -0.2) is 0 Å². The van der Waals surface area contributed by atoms with Crippen LogP contribution in [0.2, 0.25) is 10.0 Å². The van der Waals surface area contributed by atoms with Crippen molar-refractivity contribution in [1.82, 2.24) is 4.90 Å². The first-order chi connectivity index (χ1) is 12.8. The van der Waals surface area contributed by atoms with Gasteiger partial charge < -0.3 is 10.1 Å². The minimum absolute atomic E-state index is 0.0145. The predicted octanol–water partition coefficient (Wildman–Crippen LogP) is 4.67. The quantitative estimate of drug-likeness (QED) is 0.644. The largest absolute Gasteiger partial charge is 0.494 e. The van der Waals surface area contributed by atoms with Crippen molar-refractivity contribution in [2.45, 2.75) is 20.4 Å². The second-order valence-corrected chi connectivity index (χ2v) is 6.98. The molecule has 0 fully saturated rings. The Hall–Kier alpha value is -2.08. The number of nitrogens with zero attached hydrogens (tertiary/aromatic N) is 1. The first-order valence-electron chi connectivity index (χ1n) is 8.50. The standard InChI is InChI=1S/C20H22Cl2N2O3/c1-4-27-19-8-5-14(13(2)25)9-15(19)11-24(3)12-20(26)23-16-6-7-17(21)18(22)10-16/h5-10H,4,11-12H2,1-3H3,(H,23,26). The van der Waals surface area contributed by atoms with Gasteiger partial charge in [-0.1, -0.05) is 23.2 Å². The molecule has 0 heterocycles. The maximum absolute atomic E-state index is 12.3. The van der Waals surface area contributed by atoms with Gasteiger partial charge in [0.1, 0.15) is 5.75 Å². The number of anilines is 1. The number of nitrogens with one attached hydrogen (secondary N) is 1. The molecule has 144 valence electrons. The number of benzene rings is 2. The van der Waals surface area contributed by atoms with Gasteiger partial charge >= 0.3 is 0 Å². The van der Waals surface area contributed by atoms with E-state index in [1.165, 1.54) is 6.92 Å². The van der Waals surface area contributed by atoms with E-state index >= 15 is 0 Å². The Morgan fingerprint density at radius 3 is 2.48 bits per heavy atom. The maximum atomic E-state index is 12.3. The van der Waals surface area contributed by atoms with Crippen molar-refractivity contribution in [1.29, 1.82) is 0 Å². The van der Waals surface area contributed by atoms with Crippen LogP contribution in [0, 0.1) is 0 Å². The number of hydrogen-bond acceptors (Lipinski definition) is 4. The Bertz CT molecular complexity index is 840. The van der Waals surface area contributed by atoms with Crippen molar-refractivity contribution in [3.05, 3.63) is 57.6 Å². The van der Waals surface area contributed by atoms with Gasteiger partial charge in [0.15, 0.2) is 5.78 Å². The molecule has 0 aromatic heterocycles. The van der Waals surface area contributed by atoms with E-state index in [0.29, 0.717) is 40.2 Å². The van der Waals surface area contributed by atoms with E-state index in [-0.39, 0.29) is 18.2 Å². The molecule has 1 N–H and O–H groups in total. The number of Topliss-reactive ketones (excluding diaryl/α,β-unsaturated/α-hetero) is 1. The van der Waals surface area contributed by atoms with Crippen LogP contribution >= 0.6 is 23.2 Å². The van der Waals surface area contributed by atoms with E-state index in [1.54, 1.807) is 36.4 Å². The molecule has 5 nitrogen and oxygen atoms in total. The first-order valence-corrected chi connectivity index (χ1v) is 9.25. The monoisotopic (exact) mass is 408 g/mol. The Morgan fingerprint density at radius 1 is 1.11 bits per heavy atom. The molecule has 0 unspecified atom stereocenters. The molecule has 2 rings (SSSR count). The Balaban J connectivity index is 2.04. The molecule has 2 aromatic carbocycles. The summed E-state index contributed by atoms with van der Waals surface area (Å²) in [7, 11) is 1.82. The lowest BCUT2D eigenvalue weighted by Gasteiger charge is -2.19. The lowest BCUT2D eigenvalue weighted by atomic mass is 10.1. The number of rotatable bonds is 8. The van der Waals surface area contributed by atoms with Gasteiger partial charge in [0, 0.05) is 23.4 Å². The summed E-state index contributed by atoms with van der Waals surface area (Å²) in [5, 5.41) is 3.60. The van der Waals surface area contributed by atoms with E-state index in [0.717, 1.165) is 5.56 Å². The minimum atomic E-state index is -0.184. The minimum Gasteiger partial charge on any atom is -0.494 e. The molecule has 0 aliphatic heterocycles. The van der Waals surface area contributed by atoms with E-state index in [4.69, 9.17) is 27.9 Å². The topological polar surface area (TPSA) is 58.6 Å². The number of ether oxygens (including phenoxy) is 1. The van der Waals surface area contributed by atoms with Crippen LogP contribution in [0.3, 0.4) is 0 Å². The number of likely N-dealkylation sites (N-methyl/N-ethyl adjacent to an activating group) is 1. The van der Waals surface area contributed by atoms with Crippen molar-refractivity contribution in [2.24, 2.45) is 0 Å². The molecule has 0 saturated carbocycles. The molecular formula is C20H22Cl2N2O3. The summed E-state index contributed by atoms with van der Waals surface area (Å²) in [5.41, 5.74) is 2.05. The Labute approximate surface area is 169 Å². The predicted molar refractivity (Wildman–Crippen MR) is 109 cm³/mol. The lowest BCUT2D eigenvalue weighted by molar-refractivity contribution is -0.117. The molecule has 2 aromatic rings. The van der Waals surface area contributed by atoms with Crippen molar-refractivity contribution < 1.29 is 14.3 Å². The molecule has 27 heavy (non-hydrogen) atoms. The SMILES string of the molecule is CCOc1ccc(C(C)=O)cc1CN(C)CC(=O)Nc1ccc(Cl)c(Cl)c1. The van der Waals surface area contributed by atoms with Gasteiger partial charge in [0.05, 0.1) is 23.2 Å². The highest BCUT2D eigenvalue weighted by Crippen LogP contribution is 2.25. The zero-order valence-corrected chi connectivity index (χ0v) is 17.0. The summed E-state index contributed by atoms with van der Waals surface area (Å²) >= 11 is 11.8. The number of carbonyl (C=O) groups is 2. The summed E-state index contributed by atoms with van der Waals surface area (Å²) < 4.78 is 5.63. The van der Waals surface area contributed by atoms with E-state index in [9.17, 15) is 9.59 Å². The van der Waals surface area contributed by atoms with E-state index in [1.807, 2.05) is 18.9 Å². The fourth-order valence-corrected chi connectivity index (χ4v) is 2.88. The second kappa shape index (κ2) is 9.74. The zero-order chi connectivity index (χ0) is 20.0. The lowest BCUT2D eigenvalue weighted by Crippen LogP contribution is -2.30. The normalized spacial score (nSPS) is 10.7. The third kappa shape index (κ3) is 6.24. The van der Waals surface area contributed by atoms with Crippen LogP contribution in [0.4, 0.5) is 5.69 Å². The number of carbonyl (C=O) groups excluding carboxylic acids is 2. The van der Waals surface area contributed by atoms with Gasteiger partial charge in [-0.2, -0.15) is 0 Å². The highest BCUT2D eigenvalue weighted by Gasteiger charge is 2.13. The van der Waals surface area contributed by atoms with Gasteiger partial charge in [0.25, 0.3) is 0 Å². The molecule has 0 radical (unpaired) electrons. The third-order valence-corrected chi connectivity index (χ3v) is 4.56. The average Bonchev–Trinajstić information content (AvgIpc) is 2.59. The molecule has 0 bridgehead atoms. The average molecular weight is 409 g/mol. The summed E-state index contributed by atoms with van der Waals surface area (Å²) in [6, 6.07) is 10.3. The fraction of sp³-hybridized carbons (Fsp3) is 0.300. The van der Waals surface area contributed by atoms with Crippen molar-refractivity contribution in [2.75, 3.05) is 25.5 Å². The first kappa shape index (κ1) is 21.2. The smallest absolute Gasteiger partial charge is 0.238 e. The summed E-state index contributed by atoms with van der Waals surface area (Å²) in [4.78, 5) is 25.8. The molecule has 0 aliphatic rings. The van der Waals surface area contributed by atoms with Crippen LogP contribution in [0.5, 0.6) is 5.75 Å². The fourth-order valence-electron chi connectivity index (χ4n) is 2.58. The van der Waals surface area contributed by atoms with E-state index in [2.05, 4.69) is 5.32 Å².